The predicted molar refractivity (Wildman–Crippen MR) is 122 cm³/mol. The summed E-state index contributed by atoms with van der Waals surface area (Å²) >= 11 is 0. The van der Waals surface area contributed by atoms with E-state index in [2.05, 4.69) is 21.9 Å². The van der Waals surface area contributed by atoms with Crippen LogP contribution in [-0.4, -0.2) is 40.5 Å². The molecule has 1 heterocycles. The van der Waals surface area contributed by atoms with Gasteiger partial charge in [-0.2, -0.15) is 0 Å². The highest BCUT2D eigenvalue weighted by Gasteiger charge is 2.26. The number of nitrogens with two attached hydrogens (primary N) is 1. The highest BCUT2D eigenvalue weighted by Crippen LogP contribution is 2.35. The minimum Gasteiger partial charge on any atom is -0.481 e. The molecule has 32 heavy (non-hydrogen) atoms. The highest BCUT2D eigenvalue weighted by atomic mass is 16.6. The van der Waals surface area contributed by atoms with E-state index in [1.165, 1.54) is 5.56 Å². The number of aromatic nitrogens is 1. The zero-order valence-electron chi connectivity index (χ0n) is 18.2. The molecule has 0 aliphatic carbocycles. The van der Waals surface area contributed by atoms with Crippen LogP contribution in [0.1, 0.15) is 30.7 Å². The Morgan fingerprint density at radius 1 is 1.09 bits per heavy atom. The number of aliphatic carboxylic acids is 1. The van der Waals surface area contributed by atoms with Crippen LogP contribution in [-0.2, 0) is 33.8 Å². The molecule has 2 aromatic carbocycles. The molecule has 0 atom stereocenters. The summed E-state index contributed by atoms with van der Waals surface area (Å²) in [5.41, 5.74) is 9.00. The summed E-state index contributed by atoms with van der Waals surface area (Å²) in [5.74, 6) is -1.48. The standard InChI is InChI=1S/C24H27N3O5/c1-3-17-22(23(24(25)30)26-32-4-2)21-18(11-8-12-19(21)31-15-20(28)29)27(17)14-13-16-9-6-5-7-10-16/h5-12H,3-4,13-15H2,1-2H3,(H2,25,30)(H,28,29)/b26-23-. The van der Waals surface area contributed by atoms with Crippen LogP contribution in [0.3, 0.4) is 0 Å². The maximum Gasteiger partial charge on any atom is 0.341 e. The normalized spacial score (nSPS) is 11.5. The van der Waals surface area contributed by atoms with Crippen molar-refractivity contribution < 1.29 is 24.3 Å². The molecule has 0 aliphatic heterocycles. The molecule has 1 aromatic heterocycles. The molecule has 3 rings (SSSR count). The van der Waals surface area contributed by atoms with Crippen molar-refractivity contribution in [3.05, 3.63) is 65.4 Å². The summed E-state index contributed by atoms with van der Waals surface area (Å²) < 4.78 is 7.68. The first-order valence-corrected chi connectivity index (χ1v) is 10.5. The first-order valence-electron chi connectivity index (χ1n) is 10.5. The van der Waals surface area contributed by atoms with E-state index in [0.29, 0.717) is 29.7 Å². The van der Waals surface area contributed by atoms with Crippen molar-refractivity contribution in [2.45, 2.75) is 33.2 Å². The number of carboxylic acids is 1. The number of carboxylic acid groups (broad SMARTS) is 1. The Morgan fingerprint density at radius 2 is 1.84 bits per heavy atom. The SMILES string of the molecule is CCO/N=C(\C(N)=O)c1c(CC)n(CCc2ccccc2)c2cccc(OCC(=O)O)c12. The molecule has 0 fully saturated rings. The van der Waals surface area contributed by atoms with Crippen molar-refractivity contribution in [1.82, 2.24) is 4.57 Å². The van der Waals surface area contributed by atoms with Gasteiger partial charge in [-0.05, 0) is 37.5 Å². The van der Waals surface area contributed by atoms with Gasteiger partial charge in [-0.3, -0.25) is 4.79 Å². The Hall–Kier alpha value is -3.81. The van der Waals surface area contributed by atoms with Crippen LogP contribution in [0.15, 0.2) is 53.7 Å². The van der Waals surface area contributed by atoms with Gasteiger partial charge in [0.25, 0.3) is 5.91 Å². The fourth-order valence-corrected chi connectivity index (χ4v) is 3.79. The van der Waals surface area contributed by atoms with E-state index in [4.69, 9.17) is 20.4 Å². The lowest BCUT2D eigenvalue weighted by atomic mass is 10.0. The number of hydrogen-bond donors (Lipinski definition) is 2. The Morgan fingerprint density at radius 3 is 2.47 bits per heavy atom. The summed E-state index contributed by atoms with van der Waals surface area (Å²) in [6.45, 7) is 4.14. The number of ether oxygens (including phenoxy) is 1. The molecule has 0 bridgehead atoms. The van der Waals surface area contributed by atoms with Gasteiger partial charge in [-0.1, -0.05) is 48.5 Å². The largest absolute Gasteiger partial charge is 0.481 e. The molecular weight excluding hydrogens is 410 g/mol. The van der Waals surface area contributed by atoms with Crippen LogP contribution in [0.5, 0.6) is 5.75 Å². The maximum absolute atomic E-state index is 12.4. The lowest BCUT2D eigenvalue weighted by Crippen LogP contribution is -2.26. The Labute approximate surface area is 186 Å². The summed E-state index contributed by atoms with van der Waals surface area (Å²) in [6.07, 6.45) is 1.36. The van der Waals surface area contributed by atoms with Gasteiger partial charge in [0.1, 0.15) is 12.4 Å². The van der Waals surface area contributed by atoms with E-state index in [1.807, 2.05) is 31.2 Å². The van der Waals surface area contributed by atoms with Gasteiger partial charge in [-0.25, -0.2) is 4.79 Å². The number of aryl methyl sites for hydroxylation is 2. The minimum absolute atomic E-state index is 0.0152. The molecule has 0 radical (unpaired) electrons. The second-order valence-corrected chi connectivity index (χ2v) is 7.12. The van der Waals surface area contributed by atoms with Crippen molar-refractivity contribution in [1.29, 1.82) is 0 Å². The fraction of sp³-hybridized carbons (Fsp3) is 0.292. The summed E-state index contributed by atoms with van der Waals surface area (Å²) in [4.78, 5) is 28.6. The molecule has 0 saturated carbocycles. The van der Waals surface area contributed by atoms with Crippen molar-refractivity contribution in [2.24, 2.45) is 10.9 Å². The second kappa shape index (κ2) is 10.5. The molecule has 168 valence electrons. The predicted octanol–water partition coefficient (Wildman–Crippen LogP) is 3.14. The Bertz CT molecular complexity index is 1140. The van der Waals surface area contributed by atoms with Gasteiger partial charge in [-0.15, -0.1) is 0 Å². The highest BCUT2D eigenvalue weighted by molar-refractivity contribution is 6.47. The van der Waals surface area contributed by atoms with Gasteiger partial charge >= 0.3 is 5.97 Å². The molecule has 1 amide bonds. The maximum atomic E-state index is 12.4. The zero-order valence-corrected chi connectivity index (χ0v) is 18.2. The van der Waals surface area contributed by atoms with Gasteiger partial charge in [0.15, 0.2) is 12.3 Å². The minimum atomic E-state index is -1.10. The van der Waals surface area contributed by atoms with Gasteiger partial charge in [0.05, 0.1) is 10.9 Å². The molecular formula is C24H27N3O5. The van der Waals surface area contributed by atoms with Crippen LogP contribution < -0.4 is 10.5 Å². The lowest BCUT2D eigenvalue weighted by Gasteiger charge is -2.11. The number of nitrogens with zero attached hydrogens (tertiary/aromatic N) is 2. The van der Waals surface area contributed by atoms with E-state index < -0.39 is 18.5 Å². The fourth-order valence-electron chi connectivity index (χ4n) is 3.79. The van der Waals surface area contributed by atoms with Crippen LogP contribution >= 0.6 is 0 Å². The molecule has 3 aromatic rings. The monoisotopic (exact) mass is 437 g/mol. The Balaban J connectivity index is 2.23. The second-order valence-electron chi connectivity index (χ2n) is 7.12. The van der Waals surface area contributed by atoms with E-state index in [0.717, 1.165) is 17.6 Å². The lowest BCUT2D eigenvalue weighted by molar-refractivity contribution is -0.139. The van der Waals surface area contributed by atoms with E-state index in [9.17, 15) is 9.59 Å². The number of amides is 1. The van der Waals surface area contributed by atoms with Crippen LogP contribution in [0, 0.1) is 0 Å². The topological polar surface area (TPSA) is 116 Å². The third-order valence-corrected chi connectivity index (χ3v) is 5.07. The van der Waals surface area contributed by atoms with E-state index in [-0.39, 0.29) is 12.3 Å². The number of hydrogen-bond acceptors (Lipinski definition) is 5. The summed E-state index contributed by atoms with van der Waals surface area (Å²) in [7, 11) is 0. The Kier molecular flexibility index (Phi) is 7.49. The third kappa shape index (κ3) is 4.91. The molecule has 8 heteroatoms. The van der Waals surface area contributed by atoms with Crippen LogP contribution in [0.25, 0.3) is 10.9 Å². The van der Waals surface area contributed by atoms with Crippen molar-refractivity contribution >= 4 is 28.5 Å². The van der Waals surface area contributed by atoms with Gasteiger partial charge < -0.3 is 25.0 Å². The quantitative estimate of drug-likeness (QED) is 0.353. The molecule has 0 spiro atoms. The smallest absolute Gasteiger partial charge is 0.341 e. The first-order chi connectivity index (χ1) is 15.5. The van der Waals surface area contributed by atoms with Gasteiger partial charge in [0, 0.05) is 17.8 Å². The molecule has 0 unspecified atom stereocenters. The van der Waals surface area contributed by atoms with E-state index in [1.54, 1.807) is 19.1 Å². The number of rotatable bonds is 11. The molecule has 0 aliphatic rings. The number of fused-ring (bicyclic) bond motifs is 1. The summed E-state index contributed by atoms with van der Waals surface area (Å²) in [5, 5.41) is 13.7. The van der Waals surface area contributed by atoms with Crippen molar-refractivity contribution in [2.75, 3.05) is 13.2 Å². The van der Waals surface area contributed by atoms with Crippen molar-refractivity contribution in [3.63, 3.8) is 0 Å². The van der Waals surface area contributed by atoms with Crippen LogP contribution in [0.4, 0.5) is 0 Å². The number of carbonyl (C=O) groups is 2. The molecule has 3 N–H and O–H groups in total. The average molecular weight is 437 g/mol. The average Bonchev–Trinajstić information content (AvgIpc) is 3.10. The number of benzene rings is 2. The van der Waals surface area contributed by atoms with Crippen LogP contribution in [0.2, 0.25) is 0 Å². The summed E-state index contributed by atoms with van der Waals surface area (Å²) in [6, 6.07) is 15.5. The van der Waals surface area contributed by atoms with E-state index >= 15 is 0 Å². The number of primary amides is 1. The zero-order chi connectivity index (χ0) is 23.1. The van der Waals surface area contributed by atoms with Crippen molar-refractivity contribution in [3.8, 4) is 5.75 Å². The number of carbonyl (C=O) groups excluding carboxylic acids is 1. The molecule has 0 saturated heterocycles. The first kappa shape index (κ1) is 22.9. The number of oxime groups is 1. The van der Waals surface area contributed by atoms with Gasteiger partial charge in [0.2, 0.25) is 0 Å². The third-order valence-electron chi connectivity index (χ3n) is 5.07. The molecule has 8 nitrogen and oxygen atoms in total.